The molecule has 7 nitrogen and oxygen atoms in total. The number of hydrogen-bond donors (Lipinski definition) is 3. The molecule has 88 valence electrons. The van der Waals surface area contributed by atoms with Gasteiger partial charge >= 0.3 is 10.4 Å². The first kappa shape index (κ1) is 16.2. The van der Waals surface area contributed by atoms with Gasteiger partial charge in [0.25, 0.3) is 0 Å². The van der Waals surface area contributed by atoms with Crippen LogP contribution >= 0.6 is 0 Å². The standard InChI is InChI=1S/C6H8N2.CH5N.H2O4S/c1-6(2)8-4-3-7-5-8;1-2;1-5(2,3)4/h3-5H,1H2,2H3;2H2,1H3;(H2,1,2,3,4). The van der Waals surface area contributed by atoms with Crippen LogP contribution in [-0.2, 0) is 10.4 Å². The van der Waals surface area contributed by atoms with Gasteiger partial charge in [0.1, 0.15) is 0 Å². The van der Waals surface area contributed by atoms with Crippen molar-refractivity contribution in [2.24, 2.45) is 5.73 Å². The molecule has 0 atom stereocenters. The Balaban J connectivity index is 0. The molecule has 0 amide bonds. The number of aromatic nitrogens is 2. The van der Waals surface area contributed by atoms with Crippen molar-refractivity contribution >= 4 is 16.1 Å². The smallest absolute Gasteiger partial charge is 0.333 e. The highest BCUT2D eigenvalue weighted by atomic mass is 32.3. The fourth-order valence-corrected chi connectivity index (χ4v) is 0.485. The molecule has 0 aromatic carbocycles. The molecule has 1 aromatic rings. The molecular formula is C7H15N3O4S. The lowest BCUT2D eigenvalue weighted by molar-refractivity contribution is 0.381. The van der Waals surface area contributed by atoms with Gasteiger partial charge in [-0.25, -0.2) is 4.98 Å². The molecule has 0 saturated carbocycles. The van der Waals surface area contributed by atoms with Crippen LogP contribution in [0.25, 0.3) is 5.70 Å². The first-order valence-electron chi connectivity index (χ1n) is 3.72. The Hall–Kier alpha value is -1.22. The lowest BCUT2D eigenvalue weighted by Crippen LogP contribution is -1.89. The maximum Gasteiger partial charge on any atom is 0.394 e. The van der Waals surface area contributed by atoms with Crippen molar-refractivity contribution in [3.63, 3.8) is 0 Å². The lowest BCUT2D eigenvalue weighted by Gasteiger charge is -1.94. The summed E-state index contributed by atoms with van der Waals surface area (Å²) >= 11 is 0. The Bertz CT molecular complexity index is 350. The largest absolute Gasteiger partial charge is 0.394 e. The van der Waals surface area contributed by atoms with E-state index in [0.29, 0.717) is 0 Å². The second-order valence-corrected chi connectivity index (χ2v) is 3.05. The van der Waals surface area contributed by atoms with Crippen LogP contribution in [0, 0.1) is 0 Å². The third-order valence-electron chi connectivity index (χ3n) is 0.945. The highest BCUT2D eigenvalue weighted by molar-refractivity contribution is 7.79. The summed E-state index contributed by atoms with van der Waals surface area (Å²) < 4.78 is 33.4. The van der Waals surface area contributed by atoms with Gasteiger partial charge in [-0.15, -0.1) is 0 Å². The summed E-state index contributed by atoms with van der Waals surface area (Å²) in [4.78, 5) is 3.85. The van der Waals surface area contributed by atoms with Crippen molar-refractivity contribution in [3.8, 4) is 0 Å². The molecule has 1 aromatic heterocycles. The first-order valence-corrected chi connectivity index (χ1v) is 5.12. The normalized spacial score (nSPS) is 9.13. The summed E-state index contributed by atoms with van der Waals surface area (Å²) in [7, 11) is -3.17. The Morgan fingerprint density at radius 2 is 1.87 bits per heavy atom. The minimum absolute atomic E-state index is 0.988. The van der Waals surface area contributed by atoms with E-state index in [2.05, 4.69) is 17.3 Å². The third kappa shape index (κ3) is 15.5. The molecule has 4 N–H and O–H groups in total. The summed E-state index contributed by atoms with van der Waals surface area (Å²) in [6, 6.07) is 0. The van der Waals surface area contributed by atoms with E-state index >= 15 is 0 Å². The summed E-state index contributed by atoms with van der Waals surface area (Å²) in [6.07, 6.45) is 5.32. The van der Waals surface area contributed by atoms with Gasteiger partial charge in [-0.2, -0.15) is 8.42 Å². The fourth-order valence-electron chi connectivity index (χ4n) is 0.485. The van der Waals surface area contributed by atoms with Gasteiger partial charge < -0.3 is 10.3 Å². The summed E-state index contributed by atoms with van der Waals surface area (Å²) in [5.74, 6) is 0. The monoisotopic (exact) mass is 237 g/mol. The zero-order valence-corrected chi connectivity index (χ0v) is 9.35. The van der Waals surface area contributed by atoms with E-state index in [-0.39, 0.29) is 0 Å². The first-order chi connectivity index (χ1) is 6.80. The van der Waals surface area contributed by atoms with Crippen LogP contribution in [0.1, 0.15) is 6.92 Å². The molecule has 0 aliphatic heterocycles. The van der Waals surface area contributed by atoms with Crippen LogP contribution in [-0.4, -0.2) is 34.1 Å². The van der Waals surface area contributed by atoms with Crippen molar-refractivity contribution in [2.75, 3.05) is 7.05 Å². The fraction of sp³-hybridized carbons (Fsp3) is 0.286. The minimum Gasteiger partial charge on any atom is -0.333 e. The molecule has 1 heterocycles. The molecule has 15 heavy (non-hydrogen) atoms. The van der Waals surface area contributed by atoms with Gasteiger partial charge in [0, 0.05) is 18.1 Å². The highest BCUT2D eigenvalue weighted by Crippen LogP contribution is 1.95. The van der Waals surface area contributed by atoms with E-state index < -0.39 is 10.4 Å². The lowest BCUT2D eigenvalue weighted by atomic mass is 10.6. The topological polar surface area (TPSA) is 118 Å². The predicted octanol–water partition coefficient (Wildman–Crippen LogP) is 0.296. The van der Waals surface area contributed by atoms with Gasteiger partial charge in [-0.3, -0.25) is 9.11 Å². The van der Waals surface area contributed by atoms with Crippen molar-refractivity contribution in [2.45, 2.75) is 6.92 Å². The summed E-state index contributed by atoms with van der Waals surface area (Å²) in [6.45, 7) is 5.65. The van der Waals surface area contributed by atoms with Gasteiger partial charge in [-0.05, 0) is 14.0 Å². The maximum absolute atomic E-state index is 8.74. The average molecular weight is 237 g/mol. The predicted molar refractivity (Wildman–Crippen MR) is 57.5 cm³/mol. The van der Waals surface area contributed by atoms with Crippen LogP contribution in [0.4, 0.5) is 0 Å². The molecule has 0 fully saturated rings. The van der Waals surface area contributed by atoms with E-state index in [1.54, 1.807) is 12.5 Å². The van der Waals surface area contributed by atoms with Crippen LogP contribution in [0.2, 0.25) is 0 Å². The van der Waals surface area contributed by atoms with Gasteiger partial charge in [0.15, 0.2) is 0 Å². The van der Waals surface area contributed by atoms with Crippen molar-refractivity contribution in [1.82, 2.24) is 9.55 Å². The van der Waals surface area contributed by atoms with Crippen LogP contribution < -0.4 is 5.73 Å². The number of hydrogen-bond acceptors (Lipinski definition) is 4. The van der Waals surface area contributed by atoms with E-state index in [9.17, 15) is 0 Å². The van der Waals surface area contributed by atoms with Gasteiger partial charge in [-0.1, -0.05) is 6.58 Å². The van der Waals surface area contributed by atoms with Crippen LogP contribution in [0.15, 0.2) is 25.3 Å². The van der Waals surface area contributed by atoms with Crippen LogP contribution in [0.5, 0.6) is 0 Å². The van der Waals surface area contributed by atoms with Crippen molar-refractivity contribution in [1.29, 1.82) is 0 Å². The number of allylic oxidation sites excluding steroid dienone is 1. The third-order valence-corrected chi connectivity index (χ3v) is 0.945. The Morgan fingerprint density at radius 3 is 2.00 bits per heavy atom. The average Bonchev–Trinajstić information content (AvgIpc) is 2.56. The molecule has 0 aliphatic rings. The van der Waals surface area contributed by atoms with Crippen molar-refractivity contribution < 1.29 is 17.5 Å². The second-order valence-electron chi connectivity index (χ2n) is 2.15. The number of nitrogens with two attached hydrogens (primary N) is 1. The van der Waals surface area contributed by atoms with E-state index in [0.717, 1.165) is 5.70 Å². The zero-order valence-electron chi connectivity index (χ0n) is 8.53. The Morgan fingerprint density at radius 1 is 1.47 bits per heavy atom. The van der Waals surface area contributed by atoms with E-state index in [1.165, 1.54) is 7.05 Å². The number of nitrogens with zero attached hydrogens (tertiary/aromatic N) is 2. The molecule has 0 radical (unpaired) electrons. The van der Waals surface area contributed by atoms with Gasteiger partial charge in [0.2, 0.25) is 0 Å². The second kappa shape index (κ2) is 8.12. The SMILES string of the molecule is C=C(C)n1ccnc1.CN.O=S(=O)(O)O. The molecule has 0 aliphatic carbocycles. The van der Waals surface area contributed by atoms with Crippen LogP contribution in [0.3, 0.4) is 0 Å². The molecule has 1 rings (SSSR count). The molecule has 0 unspecified atom stereocenters. The summed E-state index contributed by atoms with van der Waals surface area (Å²) in [5.41, 5.74) is 5.49. The van der Waals surface area contributed by atoms with E-state index in [1.807, 2.05) is 17.7 Å². The summed E-state index contributed by atoms with van der Waals surface area (Å²) in [5, 5.41) is 0. The number of imidazole rings is 1. The Kier molecular flexibility index (Phi) is 8.78. The highest BCUT2D eigenvalue weighted by Gasteiger charge is 1.85. The zero-order chi connectivity index (χ0) is 12.5. The maximum atomic E-state index is 8.74. The molecule has 0 bridgehead atoms. The molecule has 0 spiro atoms. The van der Waals surface area contributed by atoms with Gasteiger partial charge in [0.05, 0.1) is 6.33 Å². The minimum atomic E-state index is -4.67. The molecule has 0 saturated heterocycles. The Labute approximate surface area is 88.8 Å². The molecule has 8 heteroatoms. The quantitative estimate of drug-likeness (QED) is 0.604. The van der Waals surface area contributed by atoms with Crippen molar-refractivity contribution in [3.05, 3.63) is 25.3 Å². The molecular weight excluding hydrogens is 222 g/mol. The van der Waals surface area contributed by atoms with E-state index in [4.69, 9.17) is 17.5 Å². The number of rotatable bonds is 1.